The number of aliphatic imine (C=N–C) groups is 1. The number of halogens is 3. The molecule has 1 heterocycles. The molecule has 148 valence electrons. The van der Waals surface area contributed by atoms with Crippen molar-refractivity contribution >= 4 is 29.2 Å². The molecule has 4 nitrogen and oxygen atoms in total. The van der Waals surface area contributed by atoms with E-state index in [4.69, 9.17) is 38.4 Å². The lowest BCUT2D eigenvalue weighted by Gasteiger charge is -2.26. The van der Waals surface area contributed by atoms with Crippen LogP contribution < -0.4 is 10.5 Å². The molecule has 1 aliphatic rings. The summed E-state index contributed by atoms with van der Waals surface area (Å²) in [5, 5.41) is 0.956. The van der Waals surface area contributed by atoms with Crippen LogP contribution in [0.5, 0.6) is 5.75 Å². The third-order valence-electron chi connectivity index (χ3n) is 4.94. The standard InChI is InChI=1S/C22H17Cl2FN2O2/c1-28-20-8-6-15(11-18(20)24)22(12-29-21(26)27-22)14-5-7-19(25)17(10-14)13-3-2-4-16(23)9-13/h2-11H,12H2,1H3,(H2,26,27). The van der Waals surface area contributed by atoms with Gasteiger partial charge in [0.15, 0.2) is 5.54 Å². The zero-order valence-corrected chi connectivity index (χ0v) is 17.0. The molecule has 4 rings (SSSR count). The molecule has 0 saturated heterocycles. The molecule has 2 N–H and O–H groups in total. The van der Waals surface area contributed by atoms with Gasteiger partial charge in [0.2, 0.25) is 0 Å². The Hall–Kier alpha value is -2.76. The second kappa shape index (κ2) is 7.58. The first-order valence-electron chi connectivity index (χ1n) is 8.81. The molecular weight excluding hydrogens is 414 g/mol. The number of rotatable bonds is 4. The summed E-state index contributed by atoms with van der Waals surface area (Å²) in [6, 6.07) is 17.3. The molecule has 0 aromatic heterocycles. The molecular formula is C22H17Cl2FN2O2. The van der Waals surface area contributed by atoms with E-state index in [2.05, 4.69) is 4.99 Å². The number of methoxy groups -OCH3 is 1. The van der Waals surface area contributed by atoms with E-state index in [9.17, 15) is 4.39 Å². The number of hydrogen-bond donors (Lipinski definition) is 1. The molecule has 0 spiro atoms. The summed E-state index contributed by atoms with van der Waals surface area (Å²) in [6.07, 6.45) is 0. The van der Waals surface area contributed by atoms with Crippen molar-refractivity contribution in [2.45, 2.75) is 5.54 Å². The van der Waals surface area contributed by atoms with Gasteiger partial charge in [0.1, 0.15) is 18.2 Å². The van der Waals surface area contributed by atoms with Gasteiger partial charge >= 0.3 is 0 Å². The normalized spacial score (nSPS) is 18.3. The van der Waals surface area contributed by atoms with Crippen LogP contribution in [-0.4, -0.2) is 19.7 Å². The molecule has 0 saturated carbocycles. The van der Waals surface area contributed by atoms with Gasteiger partial charge in [-0.25, -0.2) is 9.38 Å². The fourth-order valence-corrected chi connectivity index (χ4v) is 3.92. The van der Waals surface area contributed by atoms with Gasteiger partial charge < -0.3 is 15.2 Å². The Morgan fingerprint density at radius 2 is 1.83 bits per heavy atom. The van der Waals surface area contributed by atoms with Crippen LogP contribution in [0.25, 0.3) is 11.1 Å². The van der Waals surface area contributed by atoms with Gasteiger partial charge in [0.25, 0.3) is 6.02 Å². The first-order chi connectivity index (χ1) is 13.9. The van der Waals surface area contributed by atoms with E-state index in [1.165, 1.54) is 6.07 Å². The van der Waals surface area contributed by atoms with Crippen molar-refractivity contribution < 1.29 is 13.9 Å². The Kier molecular flexibility index (Phi) is 5.11. The molecule has 1 atom stereocenters. The Morgan fingerprint density at radius 1 is 1.07 bits per heavy atom. The summed E-state index contributed by atoms with van der Waals surface area (Å²) >= 11 is 12.4. The molecule has 29 heavy (non-hydrogen) atoms. The summed E-state index contributed by atoms with van der Waals surface area (Å²) in [4.78, 5) is 4.56. The quantitative estimate of drug-likeness (QED) is 0.602. The highest BCUT2D eigenvalue weighted by molar-refractivity contribution is 6.32. The van der Waals surface area contributed by atoms with E-state index in [1.807, 2.05) is 6.07 Å². The van der Waals surface area contributed by atoms with Crippen molar-refractivity contribution in [1.29, 1.82) is 0 Å². The number of hydrogen-bond acceptors (Lipinski definition) is 4. The first-order valence-corrected chi connectivity index (χ1v) is 9.56. The van der Waals surface area contributed by atoms with Crippen LogP contribution in [-0.2, 0) is 10.3 Å². The number of ether oxygens (including phenoxy) is 2. The van der Waals surface area contributed by atoms with Gasteiger partial charge in [-0.2, -0.15) is 0 Å². The minimum atomic E-state index is -0.957. The summed E-state index contributed by atoms with van der Waals surface area (Å²) in [5.74, 6) is 0.176. The van der Waals surface area contributed by atoms with Crippen molar-refractivity contribution in [3.05, 3.63) is 87.7 Å². The Bertz CT molecular complexity index is 1120. The lowest BCUT2D eigenvalue weighted by molar-refractivity contribution is 0.278. The number of nitrogens with zero attached hydrogens (tertiary/aromatic N) is 1. The van der Waals surface area contributed by atoms with E-state index in [1.54, 1.807) is 55.6 Å². The molecule has 1 aliphatic heterocycles. The van der Waals surface area contributed by atoms with Crippen LogP contribution in [0.3, 0.4) is 0 Å². The highest BCUT2D eigenvalue weighted by Crippen LogP contribution is 2.41. The molecule has 3 aromatic carbocycles. The molecule has 0 aliphatic carbocycles. The van der Waals surface area contributed by atoms with Gasteiger partial charge in [-0.05, 0) is 53.1 Å². The van der Waals surface area contributed by atoms with E-state index in [0.29, 0.717) is 26.9 Å². The first kappa shape index (κ1) is 19.6. The van der Waals surface area contributed by atoms with Crippen LogP contribution in [0.1, 0.15) is 11.1 Å². The third kappa shape index (κ3) is 3.52. The second-order valence-electron chi connectivity index (χ2n) is 6.65. The van der Waals surface area contributed by atoms with Gasteiger partial charge in [0, 0.05) is 10.6 Å². The van der Waals surface area contributed by atoms with Crippen LogP contribution in [0, 0.1) is 5.82 Å². The topological polar surface area (TPSA) is 56.8 Å². The molecule has 3 aromatic rings. The van der Waals surface area contributed by atoms with Crippen molar-refractivity contribution in [2.75, 3.05) is 13.7 Å². The van der Waals surface area contributed by atoms with E-state index < -0.39 is 5.54 Å². The van der Waals surface area contributed by atoms with Gasteiger partial charge in [-0.3, -0.25) is 0 Å². The smallest absolute Gasteiger partial charge is 0.283 e. The van der Waals surface area contributed by atoms with Crippen molar-refractivity contribution in [1.82, 2.24) is 0 Å². The Morgan fingerprint density at radius 3 is 2.48 bits per heavy atom. The predicted octanol–water partition coefficient (Wildman–Crippen LogP) is 5.40. The average Bonchev–Trinajstić information content (AvgIpc) is 3.11. The average molecular weight is 431 g/mol. The zero-order valence-electron chi connectivity index (χ0n) is 15.5. The lowest BCUT2D eigenvalue weighted by Crippen LogP contribution is -2.27. The van der Waals surface area contributed by atoms with E-state index in [-0.39, 0.29) is 18.4 Å². The monoisotopic (exact) mass is 430 g/mol. The molecule has 0 amide bonds. The van der Waals surface area contributed by atoms with E-state index in [0.717, 1.165) is 11.1 Å². The lowest BCUT2D eigenvalue weighted by atomic mass is 9.83. The molecule has 0 bridgehead atoms. The number of nitrogens with two attached hydrogens (primary N) is 1. The zero-order chi connectivity index (χ0) is 20.6. The fraction of sp³-hybridized carbons (Fsp3) is 0.136. The van der Waals surface area contributed by atoms with Gasteiger partial charge in [-0.1, -0.05) is 47.5 Å². The van der Waals surface area contributed by atoms with Crippen LogP contribution >= 0.6 is 23.2 Å². The predicted molar refractivity (Wildman–Crippen MR) is 113 cm³/mol. The van der Waals surface area contributed by atoms with Gasteiger partial charge in [0.05, 0.1) is 12.1 Å². The Balaban J connectivity index is 1.90. The van der Waals surface area contributed by atoms with Crippen molar-refractivity contribution in [2.24, 2.45) is 10.7 Å². The number of amidine groups is 1. The minimum Gasteiger partial charge on any atom is -0.495 e. The summed E-state index contributed by atoms with van der Waals surface area (Å²) in [7, 11) is 1.54. The number of benzene rings is 3. The summed E-state index contributed by atoms with van der Waals surface area (Å²) < 4.78 is 25.4. The molecule has 1 unspecified atom stereocenters. The third-order valence-corrected chi connectivity index (χ3v) is 5.47. The molecule has 0 radical (unpaired) electrons. The molecule has 7 heteroatoms. The fourth-order valence-electron chi connectivity index (χ4n) is 3.48. The van der Waals surface area contributed by atoms with Crippen LogP contribution in [0.15, 0.2) is 65.7 Å². The highest BCUT2D eigenvalue weighted by Gasteiger charge is 2.40. The van der Waals surface area contributed by atoms with Crippen molar-refractivity contribution in [3.63, 3.8) is 0 Å². The Labute approximate surface area is 177 Å². The van der Waals surface area contributed by atoms with Crippen LogP contribution in [0.4, 0.5) is 4.39 Å². The maximum atomic E-state index is 14.7. The minimum absolute atomic E-state index is 0.0607. The summed E-state index contributed by atoms with van der Waals surface area (Å²) in [5.41, 5.74) is 7.44. The maximum Gasteiger partial charge on any atom is 0.283 e. The van der Waals surface area contributed by atoms with Crippen molar-refractivity contribution in [3.8, 4) is 16.9 Å². The van der Waals surface area contributed by atoms with Crippen LogP contribution in [0.2, 0.25) is 10.0 Å². The largest absolute Gasteiger partial charge is 0.495 e. The summed E-state index contributed by atoms with van der Waals surface area (Å²) in [6.45, 7) is 0.169. The maximum absolute atomic E-state index is 14.7. The second-order valence-corrected chi connectivity index (χ2v) is 7.50. The van der Waals surface area contributed by atoms with E-state index >= 15 is 0 Å². The SMILES string of the molecule is COc1ccc(C2(c3ccc(F)c(-c4cccc(Cl)c4)c3)COC(N)=N2)cc1Cl. The molecule has 0 fully saturated rings. The highest BCUT2D eigenvalue weighted by atomic mass is 35.5. The van der Waals surface area contributed by atoms with Gasteiger partial charge in [-0.15, -0.1) is 0 Å².